The maximum Gasteiger partial charge on any atom is 0.0524 e. The minimum Gasteiger partial charge on any atom is -0.393 e. The van der Waals surface area contributed by atoms with E-state index in [9.17, 15) is 0 Å². The van der Waals surface area contributed by atoms with Gasteiger partial charge in [-0.1, -0.05) is 23.8 Å². The second-order valence-electron chi connectivity index (χ2n) is 4.24. The molecule has 84 valence electrons. The third-order valence-electron chi connectivity index (χ3n) is 2.55. The molecule has 1 aromatic rings. The number of benzene rings is 1. The van der Waals surface area contributed by atoms with Crippen molar-refractivity contribution >= 4 is 0 Å². The van der Waals surface area contributed by atoms with Crippen molar-refractivity contribution in [1.29, 1.82) is 0 Å². The summed E-state index contributed by atoms with van der Waals surface area (Å²) >= 11 is 0. The van der Waals surface area contributed by atoms with Crippen molar-refractivity contribution in [3.63, 3.8) is 0 Å². The lowest BCUT2D eigenvalue weighted by molar-refractivity contribution is 0.183. The van der Waals surface area contributed by atoms with Gasteiger partial charge in [-0.25, -0.2) is 0 Å². The van der Waals surface area contributed by atoms with Gasteiger partial charge in [-0.3, -0.25) is 0 Å². The van der Waals surface area contributed by atoms with Crippen LogP contribution in [-0.4, -0.2) is 17.8 Å². The van der Waals surface area contributed by atoms with Crippen LogP contribution in [0.1, 0.15) is 30.0 Å². The highest BCUT2D eigenvalue weighted by atomic mass is 16.3. The van der Waals surface area contributed by atoms with E-state index in [-0.39, 0.29) is 6.10 Å². The highest BCUT2D eigenvalue weighted by molar-refractivity contribution is 5.30. The molecule has 2 nitrogen and oxygen atoms in total. The normalized spacial score (nSPS) is 12.8. The van der Waals surface area contributed by atoms with E-state index in [4.69, 9.17) is 5.11 Å². The van der Waals surface area contributed by atoms with Crippen LogP contribution in [0.5, 0.6) is 0 Å². The third kappa shape index (κ3) is 4.45. The Labute approximate surface area is 92.3 Å². The molecule has 0 aliphatic heterocycles. The molecular weight excluding hydrogens is 186 g/mol. The molecule has 15 heavy (non-hydrogen) atoms. The van der Waals surface area contributed by atoms with Crippen molar-refractivity contribution < 1.29 is 5.11 Å². The van der Waals surface area contributed by atoms with Crippen molar-refractivity contribution in [3.8, 4) is 0 Å². The largest absolute Gasteiger partial charge is 0.393 e. The van der Waals surface area contributed by atoms with Crippen LogP contribution in [0, 0.1) is 13.8 Å². The van der Waals surface area contributed by atoms with Crippen molar-refractivity contribution in [2.75, 3.05) is 6.54 Å². The Hall–Kier alpha value is -0.860. The van der Waals surface area contributed by atoms with Crippen LogP contribution in [0.25, 0.3) is 0 Å². The van der Waals surface area contributed by atoms with E-state index in [2.05, 4.69) is 37.4 Å². The van der Waals surface area contributed by atoms with E-state index in [1.807, 2.05) is 6.92 Å². The quantitative estimate of drug-likeness (QED) is 0.725. The number of aliphatic hydroxyl groups is 1. The van der Waals surface area contributed by atoms with Crippen LogP contribution in [0.4, 0.5) is 0 Å². The lowest BCUT2D eigenvalue weighted by Gasteiger charge is -2.09. The van der Waals surface area contributed by atoms with Gasteiger partial charge in [0.2, 0.25) is 0 Å². The van der Waals surface area contributed by atoms with E-state index in [0.29, 0.717) is 0 Å². The first-order valence-electron chi connectivity index (χ1n) is 5.54. The Morgan fingerprint density at radius 1 is 1.33 bits per heavy atom. The minimum atomic E-state index is -0.211. The zero-order valence-electron chi connectivity index (χ0n) is 9.88. The second-order valence-corrected chi connectivity index (χ2v) is 4.24. The van der Waals surface area contributed by atoms with Crippen LogP contribution in [0.3, 0.4) is 0 Å². The van der Waals surface area contributed by atoms with Crippen molar-refractivity contribution in [2.45, 2.75) is 39.8 Å². The summed E-state index contributed by atoms with van der Waals surface area (Å²) in [5.74, 6) is 0. The summed E-state index contributed by atoms with van der Waals surface area (Å²) in [5, 5.41) is 12.4. The minimum absolute atomic E-state index is 0.211. The summed E-state index contributed by atoms with van der Waals surface area (Å²) in [5.41, 5.74) is 3.98. The summed E-state index contributed by atoms with van der Waals surface area (Å²) in [6, 6.07) is 6.50. The number of hydrogen-bond donors (Lipinski definition) is 2. The number of aryl methyl sites for hydroxylation is 2. The van der Waals surface area contributed by atoms with Gasteiger partial charge in [0, 0.05) is 6.54 Å². The SMILES string of the molecule is Cc1ccc(CNCCC(C)O)c(C)c1. The van der Waals surface area contributed by atoms with Gasteiger partial charge in [-0.15, -0.1) is 0 Å². The molecule has 0 radical (unpaired) electrons. The molecule has 1 unspecified atom stereocenters. The maximum atomic E-state index is 9.10. The molecule has 0 aliphatic rings. The fraction of sp³-hybridized carbons (Fsp3) is 0.538. The Kier molecular flexibility index (Phi) is 4.79. The molecule has 0 fully saturated rings. The van der Waals surface area contributed by atoms with Crippen molar-refractivity contribution in [3.05, 3.63) is 34.9 Å². The Morgan fingerprint density at radius 3 is 2.67 bits per heavy atom. The van der Waals surface area contributed by atoms with Crippen LogP contribution >= 0.6 is 0 Å². The predicted molar refractivity (Wildman–Crippen MR) is 63.9 cm³/mol. The number of nitrogens with one attached hydrogen (secondary N) is 1. The first-order chi connectivity index (χ1) is 7.09. The number of rotatable bonds is 5. The standard InChI is InChI=1S/C13H21NO/c1-10-4-5-13(11(2)8-10)9-14-7-6-12(3)15/h4-5,8,12,14-15H,6-7,9H2,1-3H3. The van der Waals surface area contributed by atoms with Gasteiger partial charge in [0.25, 0.3) is 0 Å². The summed E-state index contributed by atoms with van der Waals surface area (Å²) in [6.07, 6.45) is 0.599. The highest BCUT2D eigenvalue weighted by Crippen LogP contribution is 2.09. The van der Waals surface area contributed by atoms with Gasteiger partial charge in [-0.2, -0.15) is 0 Å². The molecule has 1 rings (SSSR count). The Balaban J connectivity index is 2.37. The summed E-state index contributed by atoms with van der Waals surface area (Å²) in [4.78, 5) is 0. The first kappa shape index (κ1) is 12.2. The van der Waals surface area contributed by atoms with Crippen LogP contribution in [0.2, 0.25) is 0 Å². The molecule has 0 aliphatic carbocycles. The van der Waals surface area contributed by atoms with Gasteiger partial charge in [0.05, 0.1) is 6.10 Å². The molecular formula is C13H21NO. The van der Waals surface area contributed by atoms with Gasteiger partial charge in [0.15, 0.2) is 0 Å². The van der Waals surface area contributed by atoms with Gasteiger partial charge < -0.3 is 10.4 Å². The van der Waals surface area contributed by atoms with Crippen LogP contribution in [0.15, 0.2) is 18.2 Å². The zero-order valence-corrected chi connectivity index (χ0v) is 9.88. The molecule has 0 bridgehead atoms. The van der Waals surface area contributed by atoms with E-state index >= 15 is 0 Å². The van der Waals surface area contributed by atoms with E-state index in [1.54, 1.807) is 0 Å². The van der Waals surface area contributed by atoms with Crippen LogP contribution < -0.4 is 5.32 Å². The molecule has 0 saturated carbocycles. The van der Waals surface area contributed by atoms with Gasteiger partial charge >= 0.3 is 0 Å². The molecule has 1 atom stereocenters. The smallest absolute Gasteiger partial charge is 0.0524 e. The fourth-order valence-corrected chi connectivity index (χ4v) is 1.58. The van der Waals surface area contributed by atoms with E-state index in [0.717, 1.165) is 19.5 Å². The predicted octanol–water partition coefficient (Wildman–Crippen LogP) is 2.16. The molecule has 0 saturated heterocycles. The molecule has 0 amide bonds. The third-order valence-corrected chi connectivity index (χ3v) is 2.55. The fourth-order valence-electron chi connectivity index (χ4n) is 1.58. The van der Waals surface area contributed by atoms with E-state index < -0.39 is 0 Å². The molecule has 2 heteroatoms. The maximum absolute atomic E-state index is 9.10. The number of aliphatic hydroxyl groups excluding tert-OH is 1. The van der Waals surface area contributed by atoms with Crippen LogP contribution in [-0.2, 0) is 6.54 Å². The second kappa shape index (κ2) is 5.89. The molecule has 0 heterocycles. The van der Waals surface area contributed by atoms with Gasteiger partial charge in [-0.05, 0) is 44.9 Å². The Bertz CT molecular complexity index is 307. The summed E-state index contributed by atoms with van der Waals surface area (Å²) in [7, 11) is 0. The Morgan fingerprint density at radius 2 is 2.07 bits per heavy atom. The van der Waals surface area contributed by atoms with Crippen molar-refractivity contribution in [2.24, 2.45) is 0 Å². The lowest BCUT2D eigenvalue weighted by atomic mass is 10.1. The average molecular weight is 207 g/mol. The number of hydrogen-bond acceptors (Lipinski definition) is 2. The topological polar surface area (TPSA) is 32.3 Å². The highest BCUT2D eigenvalue weighted by Gasteiger charge is 1.99. The average Bonchev–Trinajstić information content (AvgIpc) is 2.14. The molecule has 2 N–H and O–H groups in total. The first-order valence-corrected chi connectivity index (χ1v) is 5.54. The van der Waals surface area contributed by atoms with Gasteiger partial charge in [0.1, 0.15) is 0 Å². The summed E-state index contributed by atoms with van der Waals surface area (Å²) < 4.78 is 0. The lowest BCUT2D eigenvalue weighted by Crippen LogP contribution is -2.19. The molecule has 1 aromatic carbocycles. The summed E-state index contributed by atoms with van der Waals surface area (Å²) in [6.45, 7) is 7.82. The monoisotopic (exact) mass is 207 g/mol. The van der Waals surface area contributed by atoms with Crippen molar-refractivity contribution in [1.82, 2.24) is 5.32 Å². The zero-order chi connectivity index (χ0) is 11.3. The molecule has 0 aromatic heterocycles. The molecule has 0 spiro atoms. The van der Waals surface area contributed by atoms with E-state index in [1.165, 1.54) is 16.7 Å².